The van der Waals surface area contributed by atoms with Gasteiger partial charge in [-0.15, -0.1) is 0 Å². The number of ketones is 1. The molecule has 3 nitrogen and oxygen atoms in total. The second-order valence-corrected chi connectivity index (χ2v) is 4.30. The van der Waals surface area contributed by atoms with Crippen molar-refractivity contribution < 1.29 is 14.0 Å². The smallest absolute Gasteiger partial charge is 0.299 e. The van der Waals surface area contributed by atoms with Gasteiger partial charge >= 0.3 is 0 Å². The van der Waals surface area contributed by atoms with Crippen LogP contribution in [0, 0.1) is 5.82 Å². The molecule has 2 rings (SSSR count). The Bertz CT molecular complexity index is 502. The first-order valence-electron chi connectivity index (χ1n) is 5.42. The lowest BCUT2D eigenvalue weighted by atomic mass is 10.1. The minimum Gasteiger partial charge on any atom is -0.302 e. The summed E-state index contributed by atoms with van der Waals surface area (Å²) in [7, 11) is 0. The van der Waals surface area contributed by atoms with Gasteiger partial charge in [0, 0.05) is 6.54 Å². The van der Waals surface area contributed by atoms with Crippen molar-refractivity contribution in [2.45, 2.75) is 19.8 Å². The Hall–Kier alpha value is -1.42. The zero-order valence-corrected chi connectivity index (χ0v) is 10.1. The third-order valence-corrected chi connectivity index (χ3v) is 3.06. The number of amides is 1. The molecule has 5 heteroatoms. The Morgan fingerprint density at radius 1 is 1.35 bits per heavy atom. The van der Waals surface area contributed by atoms with Gasteiger partial charge in [0.25, 0.3) is 11.7 Å². The van der Waals surface area contributed by atoms with Gasteiger partial charge in [0.1, 0.15) is 5.82 Å². The minimum atomic E-state index is -0.722. The van der Waals surface area contributed by atoms with Crippen molar-refractivity contribution in [1.82, 2.24) is 0 Å². The fourth-order valence-electron chi connectivity index (χ4n) is 1.88. The molecule has 1 aromatic rings. The number of fused-ring (bicyclic) bond motifs is 1. The molecule has 0 aliphatic carbocycles. The second kappa shape index (κ2) is 4.45. The first kappa shape index (κ1) is 12.0. The van der Waals surface area contributed by atoms with Gasteiger partial charge in [-0.2, -0.15) is 0 Å². The third kappa shape index (κ3) is 1.82. The van der Waals surface area contributed by atoms with Gasteiger partial charge < -0.3 is 4.90 Å². The number of nitrogens with zero attached hydrogens (tertiary/aromatic N) is 1. The monoisotopic (exact) mass is 255 g/mol. The zero-order valence-electron chi connectivity index (χ0n) is 9.30. The molecule has 0 spiro atoms. The molecule has 0 saturated heterocycles. The van der Waals surface area contributed by atoms with Crippen LogP contribution < -0.4 is 4.90 Å². The maximum absolute atomic E-state index is 13.7. The van der Waals surface area contributed by atoms with Crippen LogP contribution in [0.15, 0.2) is 12.1 Å². The van der Waals surface area contributed by atoms with Crippen molar-refractivity contribution in [2.75, 3.05) is 11.4 Å². The van der Waals surface area contributed by atoms with E-state index in [-0.39, 0.29) is 16.3 Å². The molecule has 1 aromatic carbocycles. The van der Waals surface area contributed by atoms with E-state index in [2.05, 4.69) is 0 Å². The van der Waals surface area contributed by atoms with E-state index in [0.29, 0.717) is 13.0 Å². The first-order chi connectivity index (χ1) is 8.07. The zero-order chi connectivity index (χ0) is 12.6. The van der Waals surface area contributed by atoms with E-state index in [9.17, 15) is 14.0 Å². The predicted octanol–water partition coefficient (Wildman–Crippen LogP) is 2.81. The number of hydrogen-bond acceptors (Lipinski definition) is 2. The summed E-state index contributed by atoms with van der Waals surface area (Å²) in [6, 6.07) is 2.47. The number of halogens is 2. The molecular weight excluding hydrogens is 245 g/mol. The quantitative estimate of drug-likeness (QED) is 0.779. The van der Waals surface area contributed by atoms with Crippen LogP contribution in [0.1, 0.15) is 30.1 Å². The summed E-state index contributed by atoms with van der Waals surface area (Å²) in [5, 5.41) is 0.124. The van der Waals surface area contributed by atoms with Crippen molar-refractivity contribution in [3.05, 3.63) is 28.5 Å². The molecule has 1 heterocycles. The average molecular weight is 256 g/mol. The number of hydrogen-bond donors (Lipinski definition) is 0. The summed E-state index contributed by atoms with van der Waals surface area (Å²) >= 11 is 5.83. The fourth-order valence-corrected chi connectivity index (χ4v) is 2.12. The molecule has 1 aliphatic heterocycles. The van der Waals surface area contributed by atoms with Gasteiger partial charge in [0.15, 0.2) is 0 Å². The Kier molecular flexibility index (Phi) is 3.15. The molecule has 0 fully saturated rings. The minimum absolute atomic E-state index is 0.00669. The van der Waals surface area contributed by atoms with Gasteiger partial charge in [-0.1, -0.05) is 24.9 Å². The molecule has 0 aromatic heterocycles. The van der Waals surface area contributed by atoms with E-state index in [4.69, 9.17) is 11.6 Å². The standard InChI is InChI=1S/C12H11ClFNO2/c1-2-3-6-15-10-8(14)5-4-7(13)9(10)11(16)12(15)17/h4-5H,2-3,6H2,1H3. The third-order valence-electron chi connectivity index (χ3n) is 2.75. The summed E-state index contributed by atoms with van der Waals surface area (Å²) < 4.78 is 13.7. The number of benzene rings is 1. The van der Waals surface area contributed by atoms with Crippen molar-refractivity contribution in [2.24, 2.45) is 0 Å². The summed E-state index contributed by atoms with van der Waals surface area (Å²) in [5.74, 6) is -2.00. The molecule has 0 radical (unpaired) electrons. The molecule has 0 N–H and O–H groups in total. The Balaban J connectivity index is 2.52. The number of Topliss-reactive ketones (excluding diaryl/α,β-unsaturated/α-hetero) is 1. The number of anilines is 1. The molecule has 1 amide bonds. The van der Waals surface area contributed by atoms with Crippen LogP contribution in [-0.4, -0.2) is 18.2 Å². The van der Waals surface area contributed by atoms with Gasteiger partial charge in [-0.05, 0) is 18.6 Å². The molecule has 0 saturated carbocycles. The maximum atomic E-state index is 13.7. The molecule has 1 aliphatic rings. The molecule has 0 unspecified atom stereocenters. The van der Waals surface area contributed by atoms with Gasteiger partial charge in [0.2, 0.25) is 0 Å². The number of carbonyl (C=O) groups excluding carboxylic acids is 2. The van der Waals surface area contributed by atoms with Crippen molar-refractivity contribution in [3.63, 3.8) is 0 Å². The summed E-state index contributed by atoms with van der Waals surface area (Å²) in [6.45, 7) is 2.29. The van der Waals surface area contributed by atoms with E-state index < -0.39 is 17.5 Å². The second-order valence-electron chi connectivity index (χ2n) is 3.89. The lowest BCUT2D eigenvalue weighted by Crippen LogP contribution is -2.31. The van der Waals surface area contributed by atoms with Gasteiger partial charge in [0.05, 0.1) is 16.3 Å². The van der Waals surface area contributed by atoms with Crippen LogP contribution in [-0.2, 0) is 4.79 Å². The summed E-state index contributed by atoms with van der Waals surface area (Å²) in [5.41, 5.74) is 0.0220. The number of rotatable bonds is 3. The van der Waals surface area contributed by atoms with E-state index in [1.807, 2.05) is 6.92 Å². The molecule has 90 valence electrons. The number of unbranched alkanes of at least 4 members (excludes halogenated alkanes) is 1. The molecular formula is C12H11ClFNO2. The molecule has 17 heavy (non-hydrogen) atoms. The number of carbonyl (C=O) groups is 2. The maximum Gasteiger partial charge on any atom is 0.299 e. The highest BCUT2D eigenvalue weighted by Gasteiger charge is 2.39. The Morgan fingerprint density at radius 3 is 2.71 bits per heavy atom. The lowest BCUT2D eigenvalue weighted by Gasteiger charge is -2.16. The van der Waals surface area contributed by atoms with E-state index in [0.717, 1.165) is 6.42 Å². The predicted molar refractivity (Wildman–Crippen MR) is 63.0 cm³/mol. The topological polar surface area (TPSA) is 37.4 Å². The molecule has 0 atom stereocenters. The van der Waals surface area contributed by atoms with Crippen LogP contribution >= 0.6 is 11.6 Å². The normalized spacial score (nSPS) is 14.4. The van der Waals surface area contributed by atoms with Crippen LogP contribution in [0.4, 0.5) is 10.1 Å². The van der Waals surface area contributed by atoms with Gasteiger partial charge in [-0.3, -0.25) is 9.59 Å². The van der Waals surface area contributed by atoms with Crippen molar-refractivity contribution in [1.29, 1.82) is 0 Å². The van der Waals surface area contributed by atoms with Crippen LogP contribution in [0.2, 0.25) is 5.02 Å². The fraction of sp³-hybridized carbons (Fsp3) is 0.333. The van der Waals surface area contributed by atoms with Crippen LogP contribution in [0.5, 0.6) is 0 Å². The Labute approximate surface area is 103 Å². The average Bonchev–Trinajstić information content (AvgIpc) is 2.56. The summed E-state index contributed by atoms with van der Waals surface area (Å²) in [6.07, 6.45) is 1.57. The van der Waals surface area contributed by atoms with Crippen molar-refractivity contribution >= 4 is 29.0 Å². The highest BCUT2D eigenvalue weighted by atomic mass is 35.5. The summed E-state index contributed by atoms with van der Waals surface area (Å²) in [4.78, 5) is 24.6. The molecule has 0 bridgehead atoms. The Morgan fingerprint density at radius 2 is 2.06 bits per heavy atom. The van der Waals surface area contributed by atoms with Crippen LogP contribution in [0.25, 0.3) is 0 Å². The van der Waals surface area contributed by atoms with Gasteiger partial charge in [-0.25, -0.2) is 4.39 Å². The highest BCUT2D eigenvalue weighted by Crippen LogP contribution is 2.36. The van der Waals surface area contributed by atoms with E-state index >= 15 is 0 Å². The van der Waals surface area contributed by atoms with E-state index in [1.54, 1.807) is 0 Å². The van der Waals surface area contributed by atoms with Crippen molar-refractivity contribution in [3.8, 4) is 0 Å². The largest absolute Gasteiger partial charge is 0.302 e. The van der Waals surface area contributed by atoms with Crippen LogP contribution in [0.3, 0.4) is 0 Å². The van der Waals surface area contributed by atoms with E-state index in [1.165, 1.54) is 17.0 Å². The lowest BCUT2D eigenvalue weighted by molar-refractivity contribution is -0.114. The highest BCUT2D eigenvalue weighted by molar-refractivity contribution is 6.55. The first-order valence-corrected chi connectivity index (χ1v) is 5.80. The SMILES string of the molecule is CCCCN1C(=O)C(=O)c2c(Cl)ccc(F)c21.